The molecular weight excluding hydrogens is 258 g/mol. The van der Waals surface area contributed by atoms with E-state index in [2.05, 4.69) is 23.0 Å². The molecule has 0 aromatic carbocycles. The van der Waals surface area contributed by atoms with Crippen LogP contribution in [0.1, 0.15) is 40.0 Å². The molecule has 0 aromatic rings. The van der Waals surface area contributed by atoms with Crippen LogP contribution in [-0.2, 0) is 15.6 Å². The molecule has 0 bridgehead atoms. The molecule has 3 nitrogen and oxygen atoms in total. The van der Waals surface area contributed by atoms with Crippen LogP contribution in [0.3, 0.4) is 0 Å². The first-order valence-corrected chi connectivity index (χ1v) is 7.65. The molecule has 19 heavy (non-hydrogen) atoms. The van der Waals surface area contributed by atoms with Gasteiger partial charge in [0.05, 0.1) is 10.8 Å². The monoisotopic (exact) mass is 281 g/mol. The lowest BCUT2D eigenvalue weighted by atomic mass is 9.99. The molecule has 0 rings (SSSR count). The molecule has 4 heteroatoms. The number of nitrogens with zero attached hydrogens (tertiary/aromatic N) is 1. The molecule has 0 N–H and O–H groups in total. The molecular formula is C15H23NO2S. The standard InChI is InChI=1S/C15H23NO2S/c1-15(2,3)11-13-19(18)12-9-7-6-8-10-14(17)16(4)5/h6-7,9,12H2,1-5H3. The Hall–Kier alpha value is -1.26. The Morgan fingerprint density at radius 3 is 2.37 bits per heavy atom. The summed E-state index contributed by atoms with van der Waals surface area (Å²) in [6.07, 6.45) is 2.32. The van der Waals surface area contributed by atoms with Crippen molar-refractivity contribution in [3.05, 3.63) is 0 Å². The molecule has 0 spiro atoms. The molecule has 0 aliphatic carbocycles. The van der Waals surface area contributed by atoms with E-state index in [1.54, 1.807) is 14.1 Å². The smallest absolute Gasteiger partial charge is 0.297 e. The largest absolute Gasteiger partial charge is 0.338 e. The van der Waals surface area contributed by atoms with Crippen LogP contribution in [0.4, 0.5) is 0 Å². The van der Waals surface area contributed by atoms with E-state index in [1.165, 1.54) is 4.90 Å². The highest BCUT2D eigenvalue weighted by Gasteiger charge is 2.04. The Morgan fingerprint density at radius 1 is 1.21 bits per heavy atom. The molecule has 1 amide bonds. The van der Waals surface area contributed by atoms with Crippen LogP contribution < -0.4 is 0 Å². The number of hydrogen-bond donors (Lipinski definition) is 0. The predicted octanol–water partition coefficient (Wildman–Crippen LogP) is 2.00. The van der Waals surface area contributed by atoms with E-state index in [0.29, 0.717) is 12.2 Å². The molecule has 0 saturated carbocycles. The van der Waals surface area contributed by atoms with Gasteiger partial charge in [0.15, 0.2) is 0 Å². The normalized spacial score (nSPS) is 11.6. The summed E-state index contributed by atoms with van der Waals surface area (Å²) < 4.78 is 11.6. The number of hydrogen-bond acceptors (Lipinski definition) is 2. The third-order valence-electron chi connectivity index (χ3n) is 2.02. The van der Waals surface area contributed by atoms with Gasteiger partial charge in [-0.1, -0.05) is 11.8 Å². The van der Waals surface area contributed by atoms with Gasteiger partial charge in [-0.3, -0.25) is 4.79 Å². The Morgan fingerprint density at radius 2 is 1.84 bits per heavy atom. The molecule has 0 fully saturated rings. The Labute approximate surface area is 119 Å². The van der Waals surface area contributed by atoms with Gasteiger partial charge in [-0.25, -0.2) is 4.21 Å². The van der Waals surface area contributed by atoms with Crippen molar-refractivity contribution in [2.24, 2.45) is 5.41 Å². The van der Waals surface area contributed by atoms with Gasteiger partial charge in [0, 0.05) is 31.7 Å². The summed E-state index contributed by atoms with van der Waals surface area (Å²) in [5.74, 6) is 8.74. The summed E-state index contributed by atoms with van der Waals surface area (Å²) in [6.45, 7) is 5.98. The summed E-state index contributed by atoms with van der Waals surface area (Å²) >= 11 is 0. The van der Waals surface area contributed by atoms with Crippen molar-refractivity contribution in [2.75, 3.05) is 19.8 Å². The maximum atomic E-state index is 11.6. The minimum Gasteiger partial charge on any atom is -0.338 e. The molecule has 0 radical (unpaired) electrons. The van der Waals surface area contributed by atoms with E-state index in [-0.39, 0.29) is 11.3 Å². The zero-order chi connectivity index (χ0) is 14.9. The summed E-state index contributed by atoms with van der Waals surface area (Å²) in [5, 5.41) is 2.77. The minimum absolute atomic E-state index is 0.103. The fourth-order valence-electron chi connectivity index (χ4n) is 0.958. The highest BCUT2D eigenvalue weighted by molar-refractivity contribution is 7.89. The van der Waals surface area contributed by atoms with Crippen molar-refractivity contribution in [2.45, 2.75) is 40.0 Å². The fourth-order valence-corrected chi connectivity index (χ4v) is 1.95. The summed E-state index contributed by atoms with van der Waals surface area (Å²) in [7, 11) is 2.28. The van der Waals surface area contributed by atoms with Crippen LogP contribution in [0, 0.1) is 28.4 Å². The lowest BCUT2D eigenvalue weighted by Crippen LogP contribution is -2.19. The predicted molar refractivity (Wildman–Crippen MR) is 80.6 cm³/mol. The summed E-state index contributed by atoms with van der Waals surface area (Å²) in [5.41, 5.74) is -0.103. The van der Waals surface area contributed by atoms with Gasteiger partial charge in [-0.15, -0.1) is 0 Å². The van der Waals surface area contributed by atoms with Crippen molar-refractivity contribution in [1.29, 1.82) is 0 Å². The second-order valence-corrected chi connectivity index (χ2v) is 6.79. The second-order valence-electron chi connectivity index (χ2n) is 5.49. The second kappa shape index (κ2) is 8.77. The molecule has 0 heterocycles. The lowest BCUT2D eigenvalue weighted by Gasteiger charge is -2.06. The van der Waals surface area contributed by atoms with Gasteiger partial charge in [0.2, 0.25) is 0 Å². The van der Waals surface area contributed by atoms with E-state index >= 15 is 0 Å². The highest BCUT2D eigenvalue weighted by atomic mass is 32.2. The molecule has 1 atom stereocenters. The molecule has 106 valence electrons. The molecule has 0 aromatic heterocycles. The topological polar surface area (TPSA) is 37.4 Å². The molecule has 0 aliphatic rings. The van der Waals surface area contributed by atoms with Crippen molar-refractivity contribution in [1.82, 2.24) is 4.90 Å². The van der Waals surface area contributed by atoms with Crippen LogP contribution in [0.15, 0.2) is 0 Å². The minimum atomic E-state index is -1.07. The zero-order valence-electron chi connectivity index (χ0n) is 12.5. The number of carbonyl (C=O) groups excluding carboxylic acids is 1. The van der Waals surface area contributed by atoms with Gasteiger partial charge < -0.3 is 4.90 Å². The average molecular weight is 281 g/mol. The highest BCUT2D eigenvalue weighted by Crippen LogP contribution is 2.10. The van der Waals surface area contributed by atoms with Gasteiger partial charge in [0.1, 0.15) is 0 Å². The van der Waals surface area contributed by atoms with Gasteiger partial charge >= 0.3 is 0 Å². The van der Waals surface area contributed by atoms with E-state index in [9.17, 15) is 9.00 Å². The van der Waals surface area contributed by atoms with Crippen LogP contribution in [0.5, 0.6) is 0 Å². The van der Waals surface area contributed by atoms with Crippen molar-refractivity contribution in [3.8, 4) is 23.0 Å². The van der Waals surface area contributed by atoms with Crippen LogP contribution in [0.25, 0.3) is 0 Å². The number of rotatable bonds is 4. The van der Waals surface area contributed by atoms with Crippen LogP contribution in [0.2, 0.25) is 0 Å². The van der Waals surface area contributed by atoms with E-state index in [1.807, 2.05) is 20.8 Å². The van der Waals surface area contributed by atoms with Gasteiger partial charge in [0.25, 0.3) is 5.91 Å². The third-order valence-corrected chi connectivity index (χ3v) is 3.01. The van der Waals surface area contributed by atoms with E-state index in [0.717, 1.165) is 12.8 Å². The third kappa shape index (κ3) is 11.6. The fraction of sp³-hybridized carbons (Fsp3) is 0.667. The van der Waals surface area contributed by atoms with Crippen molar-refractivity contribution < 1.29 is 9.00 Å². The number of unbranched alkanes of at least 4 members (excludes halogenated alkanes) is 2. The quantitative estimate of drug-likeness (QED) is 0.584. The maximum absolute atomic E-state index is 11.6. The number of amides is 1. The maximum Gasteiger partial charge on any atom is 0.297 e. The van der Waals surface area contributed by atoms with Crippen molar-refractivity contribution >= 4 is 16.7 Å². The van der Waals surface area contributed by atoms with Crippen molar-refractivity contribution in [3.63, 3.8) is 0 Å². The average Bonchev–Trinajstić information content (AvgIpc) is 2.29. The first-order valence-electron chi connectivity index (χ1n) is 6.34. The van der Waals surface area contributed by atoms with Crippen LogP contribution in [-0.4, -0.2) is 34.9 Å². The number of carbonyl (C=O) groups is 1. The first kappa shape index (κ1) is 17.7. The van der Waals surface area contributed by atoms with E-state index < -0.39 is 10.8 Å². The first-order chi connectivity index (χ1) is 8.72. The lowest BCUT2D eigenvalue weighted by molar-refractivity contribution is -0.122. The van der Waals surface area contributed by atoms with Gasteiger partial charge in [-0.05, 0) is 44.8 Å². The zero-order valence-corrected chi connectivity index (χ0v) is 13.3. The van der Waals surface area contributed by atoms with Gasteiger partial charge in [-0.2, -0.15) is 0 Å². The summed E-state index contributed by atoms with van der Waals surface area (Å²) in [4.78, 5) is 12.6. The van der Waals surface area contributed by atoms with E-state index in [4.69, 9.17) is 0 Å². The Kier molecular flexibility index (Phi) is 8.19. The Balaban J connectivity index is 3.84. The molecule has 0 saturated heterocycles. The molecule has 0 aliphatic heterocycles. The summed E-state index contributed by atoms with van der Waals surface area (Å²) in [6, 6.07) is 0. The SMILES string of the molecule is CN(C)C(=O)C#CCCCCS(=O)C#CC(C)(C)C. The van der Waals surface area contributed by atoms with Crippen LogP contribution >= 0.6 is 0 Å². The Bertz CT molecular complexity index is 439. The molecule has 1 unspecified atom stereocenters.